The number of aromatic hydroxyl groups is 3. The van der Waals surface area contributed by atoms with Crippen molar-refractivity contribution < 1.29 is 44.5 Å². The lowest BCUT2D eigenvalue weighted by molar-refractivity contribution is -0.115. The summed E-state index contributed by atoms with van der Waals surface area (Å²) >= 11 is 0. The molecule has 34 heavy (non-hydrogen) atoms. The molecule has 0 unspecified atom stereocenters. The quantitative estimate of drug-likeness (QED) is 0.394. The molecule has 0 radical (unpaired) electrons. The van der Waals surface area contributed by atoms with E-state index >= 15 is 0 Å². The van der Waals surface area contributed by atoms with Crippen LogP contribution in [-0.4, -0.2) is 45.0 Å². The second-order valence-corrected chi connectivity index (χ2v) is 8.03. The van der Waals surface area contributed by atoms with Crippen LogP contribution in [0.4, 0.5) is 0 Å². The summed E-state index contributed by atoms with van der Waals surface area (Å²) < 4.78 is 22.7. The first kappa shape index (κ1) is 21.7. The number of aliphatic hydroxyl groups is 2. The largest absolute Gasteiger partial charge is 0.508 e. The van der Waals surface area contributed by atoms with Gasteiger partial charge >= 0.3 is 0 Å². The van der Waals surface area contributed by atoms with E-state index in [2.05, 4.69) is 6.58 Å². The molecule has 0 aromatic heterocycles. The summed E-state index contributed by atoms with van der Waals surface area (Å²) in [5.41, 5.74) is 1.50. The van der Waals surface area contributed by atoms with Gasteiger partial charge in [0.05, 0.1) is 12.7 Å². The van der Waals surface area contributed by atoms with Crippen LogP contribution in [0.5, 0.6) is 40.2 Å². The third kappa shape index (κ3) is 3.51. The fraction of sp³-hybridized carbons (Fsp3) is 0.200. The number of phenols is 3. The summed E-state index contributed by atoms with van der Waals surface area (Å²) in [7, 11) is 1.41. The molecule has 0 fully saturated rings. The van der Waals surface area contributed by atoms with Gasteiger partial charge in [0.2, 0.25) is 6.29 Å². The summed E-state index contributed by atoms with van der Waals surface area (Å²) in [5, 5.41) is 51.2. The van der Waals surface area contributed by atoms with Crippen molar-refractivity contribution in [2.45, 2.75) is 24.6 Å². The Kier molecular flexibility index (Phi) is 5.15. The second kappa shape index (κ2) is 8.05. The standard InChI is InChI=1S/C25H22O9/c1-11-21-16(28)9-14(26)10-20(21)33-23(22(11)29)12-4-6-17-19(8-12)32-24(25(30)34-17)13-3-5-15(27)18(7-13)31-2/h3-10,22-30H,1H2,2H3/t22-,23+,24+,25-/m0/s1. The van der Waals surface area contributed by atoms with E-state index in [9.17, 15) is 25.5 Å². The molecule has 2 aliphatic heterocycles. The Balaban J connectivity index is 1.48. The molecule has 0 amide bonds. The monoisotopic (exact) mass is 466 g/mol. The van der Waals surface area contributed by atoms with Crippen molar-refractivity contribution >= 4 is 5.57 Å². The zero-order valence-corrected chi connectivity index (χ0v) is 18.0. The molecule has 2 heterocycles. The van der Waals surface area contributed by atoms with Gasteiger partial charge in [-0.25, -0.2) is 0 Å². The van der Waals surface area contributed by atoms with Crippen LogP contribution < -0.4 is 18.9 Å². The van der Waals surface area contributed by atoms with Crippen LogP contribution in [0.2, 0.25) is 0 Å². The summed E-state index contributed by atoms with van der Waals surface area (Å²) in [5.74, 6) is 0.487. The van der Waals surface area contributed by atoms with E-state index in [0.717, 1.165) is 6.07 Å². The van der Waals surface area contributed by atoms with Gasteiger partial charge in [0.1, 0.15) is 23.4 Å². The molecule has 0 bridgehead atoms. The van der Waals surface area contributed by atoms with Gasteiger partial charge in [0.25, 0.3) is 0 Å². The summed E-state index contributed by atoms with van der Waals surface area (Å²) in [6.07, 6.45) is -4.33. The number of hydrogen-bond donors (Lipinski definition) is 5. The van der Waals surface area contributed by atoms with Crippen LogP contribution in [0.25, 0.3) is 5.57 Å². The molecule has 3 aromatic rings. The molecule has 2 aliphatic rings. The van der Waals surface area contributed by atoms with E-state index in [1.807, 2.05) is 0 Å². The molecule has 0 saturated carbocycles. The first-order chi connectivity index (χ1) is 16.3. The molecule has 0 aliphatic carbocycles. The molecule has 3 aromatic carbocycles. The highest BCUT2D eigenvalue weighted by molar-refractivity contribution is 5.79. The topological polar surface area (TPSA) is 138 Å². The van der Waals surface area contributed by atoms with Crippen LogP contribution >= 0.6 is 0 Å². The van der Waals surface area contributed by atoms with Crippen molar-refractivity contribution in [3.05, 3.63) is 71.8 Å². The molecule has 0 spiro atoms. The average Bonchev–Trinajstić information content (AvgIpc) is 2.80. The van der Waals surface area contributed by atoms with Crippen LogP contribution in [0.1, 0.15) is 28.9 Å². The molecular formula is C25H22O9. The Morgan fingerprint density at radius 2 is 1.47 bits per heavy atom. The molecule has 9 nitrogen and oxygen atoms in total. The van der Waals surface area contributed by atoms with E-state index < -0.39 is 24.6 Å². The lowest BCUT2D eigenvalue weighted by atomic mass is 9.90. The molecule has 4 atom stereocenters. The van der Waals surface area contributed by atoms with E-state index in [-0.39, 0.29) is 45.6 Å². The third-order valence-electron chi connectivity index (χ3n) is 5.87. The summed E-state index contributed by atoms with van der Waals surface area (Å²) in [6.45, 7) is 3.88. The first-order valence-corrected chi connectivity index (χ1v) is 10.4. The molecule has 5 N–H and O–H groups in total. The van der Waals surface area contributed by atoms with Crippen LogP contribution in [0, 0.1) is 0 Å². The van der Waals surface area contributed by atoms with Gasteiger partial charge in [-0.2, -0.15) is 0 Å². The van der Waals surface area contributed by atoms with E-state index in [1.165, 1.54) is 25.3 Å². The van der Waals surface area contributed by atoms with Gasteiger partial charge in [-0.3, -0.25) is 0 Å². The maximum atomic E-state index is 10.8. The highest BCUT2D eigenvalue weighted by Crippen LogP contribution is 2.48. The van der Waals surface area contributed by atoms with E-state index in [4.69, 9.17) is 18.9 Å². The second-order valence-electron chi connectivity index (χ2n) is 8.03. The zero-order valence-electron chi connectivity index (χ0n) is 18.0. The predicted octanol–water partition coefficient (Wildman–Crippen LogP) is 3.15. The van der Waals surface area contributed by atoms with Crippen molar-refractivity contribution in [2.24, 2.45) is 0 Å². The summed E-state index contributed by atoms with van der Waals surface area (Å²) in [6, 6.07) is 11.9. The van der Waals surface area contributed by atoms with Crippen molar-refractivity contribution in [1.29, 1.82) is 0 Å². The highest BCUT2D eigenvalue weighted by Gasteiger charge is 2.37. The molecular weight excluding hydrogens is 444 g/mol. The summed E-state index contributed by atoms with van der Waals surface area (Å²) in [4.78, 5) is 0. The lowest BCUT2D eigenvalue weighted by Gasteiger charge is -2.34. The Morgan fingerprint density at radius 3 is 2.24 bits per heavy atom. The van der Waals surface area contributed by atoms with Gasteiger partial charge < -0.3 is 44.5 Å². The Bertz CT molecular complexity index is 1290. The molecule has 9 heteroatoms. The van der Waals surface area contributed by atoms with Gasteiger partial charge in [-0.05, 0) is 35.4 Å². The lowest BCUT2D eigenvalue weighted by Crippen LogP contribution is -2.33. The van der Waals surface area contributed by atoms with E-state index in [1.54, 1.807) is 24.3 Å². The van der Waals surface area contributed by atoms with Gasteiger partial charge in [0.15, 0.2) is 35.2 Å². The predicted molar refractivity (Wildman–Crippen MR) is 119 cm³/mol. The van der Waals surface area contributed by atoms with Crippen LogP contribution in [0.3, 0.4) is 0 Å². The number of methoxy groups -OCH3 is 1. The van der Waals surface area contributed by atoms with Crippen LogP contribution in [0.15, 0.2) is 55.1 Å². The molecule has 0 saturated heterocycles. The minimum Gasteiger partial charge on any atom is -0.508 e. The van der Waals surface area contributed by atoms with Gasteiger partial charge in [-0.15, -0.1) is 0 Å². The minimum absolute atomic E-state index is 0.0545. The molecule has 5 rings (SSSR count). The normalized spacial score (nSPS) is 23.1. The SMILES string of the molecule is C=C1c2c(O)cc(O)cc2O[C@H](c2ccc3c(c2)O[C@H](c2ccc(O)c(OC)c2)[C@@H](O)O3)[C@H]1O. The van der Waals surface area contributed by atoms with Gasteiger partial charge in [0, 0.05) is 17.7 Å². The highest BCUT2D eigenvalue weighted by atomic mass is 16.7. The average molecular weight is 466 g/mol. The fourth-order valence-corrected chi connectivity index (χ4v) is 4.17. The Morgan fingerprint density at radius 1 is 0.765 bits per heavy atom. The number of phenolic OH excluding ortho intramolecular Hbond substituents is 3. The van der Waals surface area contributed by atoms with Crippen LogP contribution in [-0.2, 0) is 0 Å². The van der Waals surface area contributed by atoms with E-state index in [0.29, 0.717) is 16.9 Å². The van der Waals surface area contributed by atoms with Gasteiger partial charge in [-0.1, -0.05) is 18.7 Å². The number of hydrogen-bond acceptors (Lipinski definition) is 9. The van der Waals surface area contributed by atoms with Crippen molar-refractivity contribution in [3.8, 4) is 40.2 Å². The van der Waals surface area contributed by atoms with Crippen molar-refractivity contribution in [3.63, 3.8) is 0 Å². The Hall–Kier alpha value is -4.08. The zero-order chi connectivity index (χ0) is 24.1. The van der Waals surface area contributed by atoms with Crippen molar-refractivity contribution in [2.75, 3.05) is 7.11 Å². The molecule has 176 valence electrons. The maximum Gasteiger partial charge on any atom is 0.239 e. The minimum atomic E-state index is -1.32. The fourth-order valence-electron chi connectivity index (χ4n) is 4.17. The third-order valence-corrected chi connectivity index (χ3v) is 5.87. The number of rotatable bonds is 3. The number of benzene rings is 3. The number of fused-ring (bicyclic) bond motifs is 2. The van der Waals surface area contributed by atoms with Crippen molar-refractivity contribution in [1.82, 2.24) is 0 Å². The maximum absolute atomic E-state index is 10.8. The number of ether oxygens (including phenoxy) is 4. The smallest absolute Gasteiger partial charge is 0.239 e. The Labute approximate surface area is 194 Å². The first-order valence-electron chi connectivity index (χ1n) is 10.4. The number of aliphatic hydroxyl groups excluding tert-OH is 2.